The summed E-state index contributed by atoms with van der Waals surface area (Å²) in [6.07, 6.45) is -5.24. The van der Waals surface area contributed by atoms with E-state index in [1.807, 2.05) is 0 Å². The summed E-state index contributed by atoms with van der Waals surface area (Å²) in [7, 11) is 0. The minimum atomic E-state index is -4.72. The van der Waals surface area contributed by atoms with Gasteiger partial charge in [-0.2, -0.15) is 13.2 Å². The molecule has 186 valence electrons. The van der Waals surface area contributed by atoms with Crippen LogP contribution in [0, 0.1) is 20.8 Å². The Kier molecular flexibility index (Phi) is 7.19. The highest BCUT2D eigenvalue weighted by Gasteiger charge is 2.62. The maximum atomic E-state index is 14.3. The van der Waals surface area contributed by atoms with Crippen molar-refractivity contribution < 1.29 is 32.4 Å². The van der Waals surface area contributed by atoms with E-state index in [9.17, 15) is 27.6 Å². The summed E-state index contributed by atoms with van der Waals surface area (Å²) in [6, 6.07) is 9.20. The molecular weight excluding hydrogens is 461 g/mol. The van der Waals surface area contributed by atoms with E-state index in [1.165, 1.54) is 38.1 Å². The molecule has 3 rings (SSSR count). The topological polar surface area (TPSA) is 76.0 Å². The highest BCUT2D eigenvalue weighted by molar-refractivity contribution is 6.04. The van der Waals surface area contributed by atoms with E-state index in [2.05, 4.69) is 5.16 Å². The molecule has 1 amide bonds. The molecule has 0 saturated heterocycles. The largest absolute Gasteiger partial charge is 0.435 e. The zero-order valence-electron chi connectivity index (χ0n) is 20.2. The first-order valence-corrected chi connectivity index (χ1v) is 11.0. The zero-order valence-corrected chi connectivity index (χ0v) is 20.2. The van der Waals surface area contributed by atoms with Crippen molar-refractivity contribution in [1.29, 1.82) is 0 Å². The Bertz CT molecular complexity index is 1180. The number of hydrogen-bond donors (Lipinski definition) is 0. The third-order valence-electron chi connectivity index (χ3n) is 5.78. The summed E-state index contributed by atoms with van der Waals surface area (Å²) >= 11 is 0. The van der Waals surface area contributed by atoms with E-state index in [-0.39, 0.29) is 41.5 Å². The molecule has 1 heterocycles. The summed E-state index contributed by atoms with van der Waals surface area (Å²) < 4.78 is 42.9. The average Bonchev–Trinajstić information content (AvgIpc) is 3.18. The summed E-state index contributed by atoms with van der Waals surface area (Å²) in [5.74, 6) is -1.06. The van der Waals surface area contributed by atoms with Gasteiger partial charge in [0.15, 0.2) is 0 Å². The molecule has 0 fully saturated rings. The number of hydrogen-bond acceptors (Lipinski definition) is 5. The molecule has 0 radical (unpaired) electrons. The molecule has 9 heteroatoms. The van der Waals surface area contributed by atoms with Crippen molar-refractivity contribution in [2.75, 3.05) is 13.1 Å². The first-order chi connectivity index (χ1) is 16.2. The fourth-order valence-electron chi connectivity index (χ4n) is 4.26. The Morgan fingerprint density at radius 3 is 2.03 bits per heavy atom. The second-order valence-electron chi connectivity index (χ2n) is 9.10. The molecule has 1 aliphatic heterocycles. The van der Waals surface area contributed by atoms with E-state index in [1.54, 1.807) is 32.9 Å². The van der Waals surface area contributed by atoms with Gasteiger partial charge in [-0.3, -0.25) is 14.4 Å². The maximum absolute atomic E-state index is 14.3. The van der Waals surface area contributed by atoms with Gasteiger partial charge in [-0.15, -0.1) is 0 Å². The van der Waals surface area contributed by atoms with Crippen LogP contribution in [-0.4, -0.2) is 47.4 Å². The molecule has 0 N–H and O–H groups in total. The van der Waals surface area contributed by atoms with E-state index in [0.717, 1.165) is 4.90 Å². The van der Waals surface area contributed by atoms with Crippen molar-refractivity contribution in [3.8, 4) is 0 Å². The molecule has 0 aliphatic carbocycles. The molecule has 1 atom stereocenters. The van der Waals surface area contributed by atoms with Crippen LogP contribution in [0.3, 0.4) is 0 Å². The van der Waals surface area contributed by atoms with E-state index < -0.39 is 24.1 Å². The van der Waals surface area contributed by atoms with Crippen LogP contribution in [0.1, 0.15) is 58.4 Å². The molecule has 0 spiro atoms. The Morgan fingerprint density at radius 1 is 0.971 bits per heavy atom. The highest BCUT2D eigenvalue weighted by atomic mass is 19.4. The molecule has 6 nitrogen and oxygen atoms in total. The van der Waals surface area contributed by atoms with Crippen molar-refractivity contribution in [3.63, 3.8) is 0 Å². The minimum Gasteiger partial charge on any atom is -0.374 e. The molecule has 35 heavy (non-hydrogen) atoms. The molecule has 1 aliphatic rings. The van der Waals surface area contributed by atoms with Gasteiger partial charge in [0.25, 0.3) is 11.5 Å². The number of nitrogens with zero attached hydrogens (tertiary/aromatic N) is 2. The standard InChI is InChI=1S/C26H27F3N2O4/c1-15-8-16(2)10-21(9-15)25(26(27,28)29)12-23(30-35-25)20-6-7-22(17(3)11-20)24(34)31(13-18(4)32)14-19(5)33/h6-11H,12-14H2,1-5H3. The van der Waals surface area contributed by atoms with Gasteiger partial charge >= 0.3 is 6.18 Å². The van der Waals surface area contributed by atoms with Gasteiger partial charge in [0.1, 0.15) is 11.6 Å². The van der Waals surface area contributed by atoms with Crippen LogP contribution in [0.4, 0.5) is 13.2 Å². The Morgan fingerprint density at radius 2 is 1.54 bits per heavy atom. The number of benzene rings is 2. The quantitative estimate of drug-likeness (QED) is 0.560. The lowest BCUT2D eigenvalue weighted by molar-refractivity contribution is -0.275. The number of aryl methyl sites for hydroxylation is 3. The van der Waals surface area contributed by atoms with Crippen molar-refractivity contribution in [1.82, 2.24) is 4.90 Å². The highest BCUT2D eigenvalue weighted by Crippen LogP contribution is 2.49. The lowest BCUT2D eigenvalue weighted by Crippen LogP contribution is -2.42. The molecule has 0 aromatic heterocycles. The van der Waals surface area contributed by atoms with Crippen LogP contribution < -0.4 is 0 Å². The van der Waals surface area contributed by atoms with Gasteiger partial charge in [0.05, 0.1) is 18.8 Å². The molecular formula is C26H27F3N2O4. The Labute approximate surface area is 201 Å². The monoisotopic (exact) mass is 488 g/mol. The van der Waals surface area contributed by atoms with E-state index in [0.29, 0.717) is 22.3 Å². The number of ketones is 2. The lowest BCUT2D eigenvalue weighted by Gasteiger charge is -2.30. The lowest BCUT2D eigenvalue weighted by atomic mass is 9.85. The SMILES string of the molecule is CC(=O)CN(CC(C)=O)C(=O)c1ccc(C2=NOC(c3cc(C)cc(C)c3)(C(F)(F)F)C2)cc1C. The normalized spacial score (nSPS) is 17.5. The summed E-state index contributed by atoms with van der Waals surface area (Å²) in [4.78, 5) is 42.4. The van der Waals surface area contributed by atoms with Gasteiger partial charge in [0, 0.05) is 17.5 Å². The number of halogens is 3. The number of alkyl halides is 3. The number of carbonyl (C=O) groups is 3. The Balaban J connectivity index is 1.93. The molecule has 2 aromatic rings. The smallest absolute Gasteiger partial charge is 0.374 e. The van der Waals surface area contributed by atoms with Gasteiger partial charge in [-0.05, 0) is 57.9 Å². The van der Waals surface area contributed by atoms with Crippen LogP contribution in [0.2, 0.25) is 0 Å². The number of oxime groups is 1. The van der Waals surface area contributed by atoms with Crippen LogP contribution in [-0.2, 0) is 20.0 Å². The van der Waals surface area contributed by atoms with Crippen molar-refractivity contribution in [3.05, 3.63) is 69.8 Å². The molecule has 2 aromatic carbocycles. The second-order valence-corrected chi connectivity index (χ2v) is 9.10. The van der Waals surface area contributed by atoms with Crippen molar-refractivity contribution >= 4 is 23.2 Å². The Hall–Kier alpha value is -3.49. The summed E-state index contributed by atoms with van der Waals surface area (Å²) in [5.41, 5.74) is -0.0575. The maximum Gasteiger partial charge on any atom is 0.435 e. The first kappa shape index (κ1) is 26.1. The van der Waals surface area contributed by atoms with Crippen LogP contribution in [0.25, 0.3) is 0 Å². The van der Waals surface area contributed by atoms with Gasteiger partial charge < -0.3 is 9.74 Å². The third-order valence-corrected chi connectivity index (χ3v) is 5.78. The third kappa shape index (κ3) is 5.44. The predicted octanol–water partition coefficient (Wildman–Crippen LogP) is 4.81. The fraction of sp³-hybridized carbons (Fsp3) is 0.385. The fourth-order valence-corrected chi connectivity index (χ4v) is 4.26. The van der Waals surface area contributed by atoms with Gasteiger partial charge in [-0.25, -0.2) is 0 Å². The zero-order chi connectivity index (χ0) is 26.1. The van der Waals surface area contributed by atoms with Crippen molar-refractivity contribution in [2.45, 2.75) is 52.8 Å². The van der Waals surface area contributed by atoms with Crippen molar-refractivity contribution in [2.24, 2.45) is 5.16 Å². The summed E-state index contributed by atoms with van der Waals surface area (Å²) in [6.45, 7) is 7.27. The van der Waals surface area contributed by atoms with E-state index >= 15 is 0 Å². The molecule has 0 bridgehead atoms. The number of rotatable bonds is 7. The van der Waals surface area contributed by atoms with E-state index in [4.69, 9.17) is 4.84 Å². The average molecular weight is 489 g/mol. The second kappa shape index (κ2) is 9.64. The minimum absolute atomic E-state index is 0.0196. The number of carbonyl (C=O) groups excluding carboxylic acids is 3. The van der Waals surface area contributed by atoms with Crippen LogP contribution >= 0.6 is 0 Å². The van der Waals surface area contributed by atoms with Gasteiger partial charge in [0.2, 0.25) is 0 Å². The first-order valence-electron chi connectivity index (χ1n) is 11.0. The summed E-state index contributed by atoms with van der Waals surface area (Å²) in [5, 5.41) is 3.80. The molecule has 1 unspecified atom stereocenters. The van der Waals surface area contributed by atoms with Crippen LogP contribution in [0.5, 0.6) is 0 Å². The van der Waals surface area contributed by atoms with Gasteiger partial charge in [-0.1, -0.05) is 40.5 Å². The number of amides is 1. The predicted molar refractivity (Wildman–Crippen MR) is 124 cm³/mol. The van der Waals surface area contributed by atoms with Crippen LogP contribution in [0.15, 0.2) is 41.6 Å². The molecule has 0 saturated carbocycles. The number of Topliss-reactive ketones (excluding diaryl/α,β-unsaturated/α-hetero) is 2.